The Morgan fingerprint density at radius 3 is 2.75 bits per heavy atom. The zero-order chi connectivity index (χ0) is 11.7. The molecule has 0 bridgehead atoms. The number of nitrogens with zero attached hydrogens (tertiary/aromatic N) is 2. The van der Waals surface area contributed by atoms with Gasteiger partial charge in [0, 0.05) is 5.92 Å². The SMILES string of the molecule is COc1nc(C2CC2)nc(Cl)c1CC(=O)O. The minimum atomic E-state index is -0.983. The molecule has 0 spiro atoms. The lowest BCUT2D eigenvalue weighted by Gasteiger charge is -2.08. The molecular formula is C10H11ClN2O3. The van der Waals surface area contributed by atoms with Crippen LogP contribution in [0.25, 0.3) is 0 Å². The summed E-state index contributed by atoms with van der Waals surface area (Å²) in [6.45, 7) is 0. The fourth-order valence-electron chi connectivity index (χ4n) is 1.45. The second kappa shape index (κ2) is 4.25. The lowest BCUT2D eigenvalue weighted by molar-refractivity contribution is -0.136. The first kappa shape index (κ1) is 11.1. The maximum atomic E-state index is 10.7. The third-order valence-corrected chi connectivity index (χ3v) is 2.71. The van der Waals surface area contributed by atoms with Gasteiger partial charge in [-0.25, -0.2) is 4.98 Å². The number of carboxylic acid groups (broad SMARTS) is 1. The summed E-state index contributed by atoms with van der Waals surface area (Å²) in [6.07, 6.45) is 1.88. The normalized spacial score (nSPS) is 14.9. The number of carboxylic acids is 1. The van der Waals surface area contributed by atoms with E-state index in [4.69, 9.17) is 21.4 Å². The quantitative estimate of drug-likeness (QED) is 0.813. The maximum absolute atomic E-state index is 10.7. The molecule has 6 heteroatoms. The van der Waals surface area contributed by atoms with Crippen molar-refractivity contribution in [3.63, 3.8) is 0 Å². The van der Waals surface area contributed by atoms with Crippen LogP contribution in [0.2, 0.25) is 5.15 Å². The number of hydrogen-bond acceptors (Lipinski definition) is 4. The largest absolute Gasteiger partial charge is 0.481 e. The van der Waals surface area contributed by atoms with Crippen molar-refractivity contribution >= 4 is 17.6 Å². The number of aliphatic carboxylic acids is 1. The highest BCUT2D eigenvalue weighted by Gasteiger charge is 2.29. The first-order valence-corrected chi connectivity index (χ1v) is 5.31. The third-order valence-electron chi connectivity index (χ3n) is 2.40. The zero-order valence-corrected chi connectivity index (χ0v) is 9.49. The van der Waals surface area contributed by atoms with Crippen molar-refractivity contribution in [1.29, 1.82) is 0 Å². The molecule has 16 heavy (non-hydrogen) atoms. The molecule has 0 saturated heterocycles. The van der Waals surface area contributed by atoms with Gasteiger partial charge in [0.2, 0.25) is 5.88 Å². The van der Waals surface area contributed by atoms with Crippen molar-refractivity contribution in [3.05, 3.63) is 16.5 Å². The van der Waals surface area contributed by atoms with Crippen LogP contribution >= 0.6 is 11.6 Å². The van der Waals surface area contributed by atoms with Crippen LogP contribution in [0.1, 0.15) is 30.1 Å². The molecule has 0 unspecified atom stereocenters. The van der Waals surface area contributed by atoms with Crippen LogP contribution in [0.15, 0.2) is 0 Å². The number of carbonyl (C=O) groups is 1. The molecule has 0 amide bonds. The van der Waals surface area contributed by atoms with Crippen molar-refractivity contribution < 1.29 is 14.6 Å². The predicted molar refractivity (Wildman–Crippen MR) is 56.9 cm³/mol. The number of ether oxygens (including phenoxy) is 1. The number of halogens is 1. The summed E-state index contributed by atoms with van der Waals surface area (Å²) >= 11 is 5.93. The van der Waals surface area contributed by atoms with Crippen LogP contribution in [0.3, 0.4) is 0 Å². The summed E-state index contributed by atoms with van der Waals surface area (Å²) in [7, 11) is 1.45. The molecule has 1 aromatic rings. The Morgan fingerprint density at radius 1 is 1.56 bits per heavy atom. The van der Waals surface area contributed by atoms with Gasteiger partial charge in [0.15, 0.2) is 0 Å². The van der Waals surface area contributed by atoms with E-state index in [9.17, 15) is 4.79 Å². The molecule has 1 aromatic heterocycles. The van der Waals surface area contributed by atoms with Crippen LogP contribution in [0.5, 0.6) is 5.88 Å². The van der Waals surface area contributed by atoms with Crippen LogP contribution in [0.4, 0.5) is 0 Å². The molecule has 1 saturated carbocycles. The number of rotatable bonds is 4. The van der Waals surface area contributed by atoms with E-state index < -0.39 is 5.97 Å². The molecule has 0 aromatic carbocycles. The minimum Gasteiger partial charge on any atom is -0.481 e. The molecule has 0 aliphatic heterocycles. The molecule has 1 N–H and O–H groups in total. The van der Waals surface area contributed by atoms with Gasteiger partial charge in [-0.3, -0.25) is 4.79 Å². The van der Waals surface area contributed by atoms with E-state index in [1.807, 2.05) is 0 Å². The van der Waals surface area contributed by atoms with E-state index in [-0.39, 0.29) is 17.5 Å². The van der Waals surface area contributed by atoms with E-state index in [0.717, 1.165) is 12.8 Å². The topological polar surface area (TPSA) is 72.3 Å². The lowest BCUT2D eigenvalue weighted by Crippen LogP contribution is -2.07. The average Bonchev–Trinajstić information content (AvgIpc) is 3.03. The Bertz CT molecular complexity index is 432. The Labute approximate surface area is 97.4 Å². The fraction of sp³-hybridized carbons (Fsp3) is 0.500. The summed E-state index contributed by atoms with van der Waals surface area (Å²) in [5.74, 6) is 0.286. The molecule has 2 rings (SSSR count). The van der Waals surface area contributed by atoms with Gasteiger partial charge in [0.1, 0.15) is 11.0 Å². The first-order valence-electron chi connectivity index (χ1n) is 4.94. The average molecular weight is 243 g/mol. The van der Waals surface area contributed by atoms with Crippen molar-refractivity contribution in [2.24, 2.45) is 0 Å². The maximum Gasteiger partial charge on any atom is 0.308 e. The van der Waals surface area contributed by atoms with Gasteiger partial charge < -0.3 is 9.84 Å². The fourth-order valence-corrected chi connectivity index (χ4v) is 1.68. The summed E-state index contributed by atoms with van der Waals surface area (Å²) in [6, 6.07) is 0. The predicted octanol–water partition coefficient (Wildman–Crippen LogP) is 1.64. The summed E-state index contributed by atoms with van der Waals surface area (Å²) in [4.78, 5) is 18.9. The smallest absolute Gasteiger partial charge is 0.308 e. The number of methoxy groups -OCH3 is 1. The first-order chi connectivity index (χ1) is 7.61. The van der Waals surface area contributed by atoms with Gasteiger partial charge in [0.05, 0.1) is 19.1 Å². The molecule has 1 heterocycles. The lowest BCUT2D eigenvalue weighted by atomic mass is 10.2. The highest BCUT2D eigenvalue weighted by atomic mass is 35.5. The van der Waals surface area contributed by atoms with Gasteiger partial charge in [-0.05, 0) is 12.8 Å². The summed E-state index contributed by atoms with van der Waals surface area (Å²) in [5, 5.41) is 8.91. The molecule has 0 radical (unpaired) electrons. The van der Waals surface area contributed by atoms with Gasteiger partial charge >= 0.3 is 5.97 Å². The number of aromatic nitrogens is 2. The van der Waals surface area contributed by atoms with E-state index in [1.54, 1.807) is 0 Å². The van der Waals surface area contributed by atoms with Crippen LogP contribution in [-0.2, 0) is 11.2 Å². The molecule has 0 atom stereocenters. The van der Waals surface area contributed by atoms with Gasteiger partial charge in [-0.2, -0.15) is 4.98 Å². The summed E-state index contributed by atoms with van der Waals surface area (Å²) in [5.41, 5.74) is 0.334. The van der Waals surface area contributed by atoms with Crippen molar-refractivity contribution in [2.45, 2.75) is 25.2 Å². The molecule has 5 nitrogen and oxygen atoms in total. The second-order valence-corrected chi connectivity index (χ2v) is 4.06. The van der Waals surface area contributed by atoms with E-state index in [1.165, 1.54) is 7.11 Å². The van der Waals surface area contributed by atoms with Crippen molar-refractivity contribution in [1.82, 2.24) is 9.97 Å². The Morgan fingerprint density at radius 2 is 2.25 bits per heavy atom. The van der Waals surface area contributed by atoms with E-state index in [0.29, 0.717) is 17.3 Å². The Kier molecular flexibility index (Phi) is 2.96. The molecule has 1 aliphatic rings. The van der Waals surface area contributed by atoms with Crippen LogP contribution in [0, 0.1) is 0 Å². The van der Waals surface area contributed by atoms with Crippen LogP contribution in [-0.4, -0.2) is 28.2 Å². The highest BCUT2D eigenvalue weighted by Crippen LogP contribution is 2.39. The van der Waals surface area contributed by atoms with Gasteiger partial charge in [-0.1, -0.05) is 11.6 Å². The summed E-state index contributed by atoms with van der Waals surface area (Å²) < 4.78 is 5.05. The van der Waals surface area contributed by atoms with Gasteiger partial charge in [0.25, 0.3) is 0 Å². The number of hydrogen-bond donors (Lipinski definition) is 1. The van der Waals surface area contributed by atoms with Crippen LogP contribution < -0.4 is 4.74 Å². The molecule has 1 aliphatic carbocycles. The highest BCUT2D eigenvalue weighted by molar-refractivity contribution is 6.30. The van der Waals surface area contributed by atoms with Crippen molar-refractivity contribution in [2.75, 3.05) is 7.11 Å². The van der Waals surface area contributed by atoms with E-state index >= 15 is 0 Å². The zero-order valence-electron chi connectivity index (χ0n) is 8.73. The molecule has 1 fully saturated rings. The molecule has 86 valence electrons. The standard InChI is InChI=1S/C10H11ClN2O3/c1-16-10-6(4-7(14)15)8(11)12-9(13-10)5-2-3-5/h5H,2-4H2,1H3,(H,14,15). The minimum absolute atomic E-state index is 0.177. The van der Waals surface area contributed by atoms with E-state index in [2.05, 4.69) is 9.97 Å². The van der Waals surface area contributed by atoms with Gasteiger partial charge in [-0.15, -0.1) is 0 Å². The third kappa shape index (κ3) is 2.24. The Hall–Kier alpha value is -1.36. The Balaban J connectivity index is 2.38. The van der Waals surface area contributed by atoms with Crippen molar-refractivity contribution in [3.8, 4) is 5.88 Å². The molecular weight excluding hydrogens is 232 g/mol. The second-order valence-electron chi connectivity index (χ2n) is 3.71. The monoisotopic (exact) mass is 242 g/mol.